The molecule has 0 spiro atoms. The highest BCUT2D eigenvalue weighted by molar-refractivity contribution is 9.10. The van der Waals surface area contributed by atoms with Crippen LogP contribution in [0.15, 0.2) is 16.6 Å². The maximum Gasteiger partial charge on any atom is 0.139 e. The lowest BCUT2D eigenvalue weighted by Gasteiger charge is -2.09. The molecule has 0 fully saturated rings. The van der Waals surface area contributed by atoms with E-state index in [-0.39, 0.29) is 16.1 Å². The smallest absolute Gasteiger partial charge is 0.139 e. The van der Waals surface area contributed by atoms with E-state index in [1.165, 1.54) is 12.1 Å². The van der Waals surface area contributed by atoms with Crippen LogP contribution in [0.5, 0.6) is 0 Å². The molecule has 2 nitrogen and oxygen atoms in total. The van der Waals surface area contributed by atoms with E-state index in [9.17, 15) is 4.39 Å². The molecule has 1 rings (SSSR count). The third-order valence-electron chi connectivity index (χ3n) is 1.63. The topological polar surface area (TPSA) is 46.2 Å². The Hall–Kier alpha value is -0.160. The van der Waals surface area contributed by atoms with Crippen molar-refractivity contribution < 1.29 is 9.50 Å². The lowest BCUT2D eigenvalue weighted by atomic mass is 10.1. The van der Waals surface area contributed by atoms with Gasteiger partial charge in [-0.05, 0) is 33.6 Å². The lowest BCUT2D eigenvalue weighted by Crippen LogP contribution is -2.14. The Morgan fingerprint density at radius 1 is 1.62 bits per heavy atom. The molecule has 72 valence electrons. The molecular formula is C8H8BrClFNO. The molecule has 1 aromatic carbocycles. The minimum Gasteiger partial charge on any atom is -0.394 e. The van der Waals surface area contributed by atoms with E-state index < -0.39 is 11.9 Å². The molecule has 0 radical (unpaired) electrons. The number of rotatable bonds is 2. The molecule has 0 bridgehead atoms. The summed E-state index contributed by atoms with van der Waals surface area (Å²) in [6.45, 7) is -0.239. The van der Waals surface area contributed by atoms with E-state index in [0.717, 1.165) is 0 Å². The second kappa shape index (κ2) is 4.37. The average molecular weight is 269 g/mol. The number of aliphatic hydroxyl groups is 1. The normalized spacial score (nSPS) is 13.0. The summed E-state index contributed by atoms with van der Waals surface area (Å²) in [5.41, 5.74) is 5.97. The molecule has 13 heavy (non-hydrogen) atoms. The van der Waals surface area contributed by atoms with Crippen molar-refractivity contribution in [1.82, 2.24) is 0 Å². The van der Waals surface area contributed by atoms with E-state index in [2.05, 4.69) is 15.9 Å². The number of halogens is 3. The highest BCUT2D eigenvalue weighted by Crippen LogP contribution is 2.28. The molecule has 0 heterocycles. The van der Waals surface area contributed by atoms with Crippen molar-refractivity contribution in [2.75, 3.05) is 6.61 Å². The van der Waals surface area contributed by atoms with Crippen LogP contribution in [0.3, 0.4) is 0 Å². The Bertz CT molecular complexity index is 298. The van der Waals surface area contributed by atoms with E-state index >= 15 is 0 Å². The summed E-state index contributed by atoms with van der Waals surface area (Å²) in [5, 5.41) is 8.99. The first-order valence-corrected chi connectivity index (χ1v) is 4.74. The Morgan fingerprint density at radius 2 is 2.23 bits per heavy atom. The zero-order valence-electron chi connectivity index (χ0n) is 6.60. The minimum atomic E-state index is -0.597. The fraction of sp³-hybridized carbons (Fsp3) is 0.250. The van der Waals surface area contributed by atoms with Crippen molar-refractivity contribution >= 4 is 27.5 Å². The lowest BCUT2D eigenvalue weighted by molar-refractivity contribution is 0.268. The van der Waals surface area contributed by atoms with E-state index in [1.54, 1.807) is 0 Å². The van der Waals surface area contributed by atoms with Gasteiger partial charge in [0.15, 0.2) is 0 Å². The molecule has 0 amide bonds. The Kier molecular flexibility index (Phi) is 3.67. The second-order valence-corrected chi connectivity index (χ2v) is 3.79. The zero-order valence-corrected chi connectivity index (χ0v) is 8.94. The van der Waals surface area contributed by atoms with Crippen molar-refractivity contribution in [2.45, 2.75) is 6.04 Å². The fourth-order valence-corrected chi connectivity index (χ4v) is 1.34. The number of hydrogen-bond donors (Lipinski definition) is 2. The third-order valence-corrected chi connectivity index (χ3v) is 2.96. The van der Waals surface area contributed by atoms with Gasteiger partial charge in [0.2, 0.25) is 0 Å². The van der Waals surface area contributed by atoms with Gasteiger partial charge >= 0.3 is 0 Å². The van der Waals surface area contributed by atoms with Gasteiger partial charge in [0.05, 0.1) is 22.1 Å². The molecule has 0 aromatic heterocycles. The van der Waals surface area contributed by atoms with E-state index in [1.807, 2.05) is 0 Å². The Balaban J connectivity index is 3.13. The largest absolute Gasteiger partial charge is 0.394 e. The standard InChI is InChI=1S/C8H8BrClFNO/c9-8-5(10)1-4(2-6(8)11)7(12)3-13/h1-2,7,13H,3,12H2. The molecule has 0 aliphatic carbocycles. The summed E-state index contributed by atoms with van der Waals surface area (Å²) < 4.78 is 13.3. The molecule has 0 saturated carbocycles. The molecule has 0 aliphatic heterocycles. The first-order valence-electron chi connectivity index (χ1n) is 3.57. The van der Waals surface area contributed by atoms with Gasteiger partial charge in [-0.25, -0.2) is 4.39 Å². The molecule has 0 saturated heterocycles. The van der Waals surface area contributed by atoms with Crippen molar-refractivity contribution in [1.29, 1.82) is 0 Å². The van der Waals surface area contributed by atoms with Gasteiger partial charge in [-0.15, -0.1) is 0 Å². The predicted octanol–water partition coefficient (Wildman–Crippen LogP) is 2.23. The van der Waals surface area contributed by atoms with Crippen LogP contribution in [0.2, 0.25) is 5.02 Å². The van der Waals surface area contributed by atoms with Gasteiger partial charge < -0.3 is 10.8 Å². The Labute approximate surface area is 88.6 Å². The van der Waals surface area contributed by atoms with Gasteiger partial charge in [0.25, 0.3) is 0 Å². The quantitative estimate of drug-likeness (QED) is 0.808. The van der Waals surface area contributed by atoms with E-state index in [4.69, 9.17) is 22.4 Å². The molecular weight excluding hydrogens is 260 g/mol. The highest BCUT2D eigenvalue weighted by Gasteiger charge is 2.11. The van der Waals surface area contributed by atoms with Crippen molar-refractivity contribution in [3.8, 4) is 0 Å². The van der Waals surface area contributed by atoms with Crippen molar-refractivity contribution in [3.63, 3.8) is 0 Å². The first-order chi connectivity index (χ1) is 6.06. The van der Waals surface area contributed by atoms with Crippen LogP contribution in [-0.4, -0.2) is 11.7 Å². The molecule has 0 aliphatic rings. The molecule has 5 heteroatoms. The monoisotopic (exact) mass is 267 g/mol. The summed E-state index contributed by atoms with van der Waals surface area (Å²) in [6.07, 6.45) is 0. The van der Waals surface area contributed by atoms with Crippen LogP contribution >= 0.6 is 27.5 Å². The Morgan fingerprint density at radius 3 is 2.69 bits per heavy atom. The highest BCUT2D eigenvalue weighted by atomic mass is 79.9. The fourth-order valence-electron chi connectivity index (χ4n) is 0.895. The maximum absolute atomic E-state index is 13.1. The van der Waals surface area contributed by atoms with Crippen LogP contribution in [0.1, 0.15) is 11.6 Å². The number of nitrogens with two attached hydrogens (primary N) is 1. The number of hydrogen-bond acceptors (Lipinski definition) is 2. The number of aliphatic hydroxyl groups excluding tert-OH is 1. The van der Waals surface area contributed by atoms with Gasteiger partial charge in [-0.2, -0.15) is 0 Å². The zero-order chi connectivity index (χ0) is 10.0. The van der Waals surface area contributed by atoms with Crippen LogP contribution in [0, 0.1) is 5.82 Å². The van der Waals surface area contributed by atoms with Gasteiger partial charge in [0.1, 0.15) is 5.82 Å². The second-order valence-electron chi connectivity index (χ2n) is 2.59. The summed E-state index contributed by atoms with van der Waals surface area (Å²) in [4.78, 5) is 0. The summed E-state index contributed by atoms with van der Waals surface area (Å²) in [6, 6.07) is 2.17. The molecule has 1 aromatic rings. The van der Waals surface area contributed by atoms with Gasteiger partial charge in [0, 0.05) is 0 Å². The SMILES string of the molecule is NC(CO)c1cc(F)c(Br)c(Cl)c1. The van der Waals surface area contributed by atoms with Crippen LogP contribution in [-0.2, 0) is 0 Å². The van der Waals surface area contributed by atoms with Crippen LogP contribution in [0.4, 0.5) is 4.39 Å². The molecule has 1 atom stereocenters. The summed E-state index contributed by atoms with van der Waals surface area (Å²) >= 11 is 8.67. The number of benzene rings is 1. The molecule has 3 N–H and O–H groups in total. The third kappa shape index (κ3) is 2.40. The van der Waals surface area contributed by atoms with Crippen LogP contribution < -0.4 is 5.73 Å². The first kappa shape index (κ1) is 10.9. The van der Waals surface area contributed by atoms with Crippen LogP contribution in [0.25, 0.3) is 0 Å². The van der Waals surface area contributed by atoms with Gasteiger partial charge in [-0.1, -0.05) is 11.6 Å². The molecule has 1 unspecified atom stereocenters. The average Bonchev–Trinajstić information content (AvgIpc) is 2.12. The predicted molar refractivity (Wildman–Crippen MR) is 53.1 cm³/mol. The summed E-state index contributed by atoms with van der Waals surface area (Å²) in [5.74, 6) is -0.480. The van der Waals surface area contributed by atoms with E-state index in [0.29, 0.717) is 5.56 Å². The van der Waals surface area contributed by atoms with Crippen molar-refractivity contribution in [2.24, 2.45) is 5.73 Å². The maximum atomic E-state index is 13.1. The van der Waals surface area contributed by atoms with Gasteiger partial charge in [-0.3, -0.25) is 0 Å². The summed E-state index contributed by atoms with van der Waals surface area (Å²) in [7, 11) is 0. The van der Waals surface area contributed by atoms with Crippen molar-refractivity contribution in [3.05, 3.63) is 33.0 Å². The minimum absolute atomic E-state index is 0.211.